The fourth-order valence-corrected chi connectivity index (χ4v) is 7.31. The van der Waals surface area contributed by atoms with Crippen molar-refractivity contribution in [3.05, 3.63) is 154 Å². The monoisotopic (exact) mass is 623 g/mol. The number of hydrogen-bond acceptors (Lipinski definition) is 3. The molecule has 0 aromatic heterocycles. The Balaban J connectivity index is 1.23. The van der Waals surface area contributed by atoms with Gasteiger partial charge in [0.15, 0.2) is 11.6 Å². The van der Waals surface area contributed by atoms with Crippen molar-refractivity contribution in [1.82, 2.24) is 0 Å². The number of nitrogens with zero attached hydrogens (tertiary/aromatic N) is 1. The standard InChI is InChI=1S/C41H28F3NO2/c1-40(2)34-9-5-6-10-35(34)45(29-15-11-24(12-16-29)23-41(42,43)44)36-18-14-28-19-25(13-17-30(28)37(36)40)20-33-38(46)31-21-26-7-3-4-8-27(26)22-32(31)39(33)47/h3-22H,23H2,1-2H3. The number of hydrogen-bond donors (Lipinski definition) is 0. The van der Waals surface area contributed by atoms with Crippen LogP contribution in [-0.2, 0) is 11.8 Å². The fourth-order valence-electron chi connectivity index (χ4n) is 7.31. The van der Waals surface area contributed by atoms with Crippen molar-refractivity contribution in [3.63, 3.8) is 0 Å². The summed E-state index contributed by atoms with van der Waals surface area (Å²) in [7, 11) is 0. The topological polar surface area (TPSA) is 37.4 Å². The molecule has 0 saturated carbocycles. The van der Waals surface area contributed by atoms with Gasteiger partial charge in [0.1, 0.15) is 0 Å². The summed E-state index contributed by atoms with van der Waals surface area (Å²) in [4.78, 5) is 29.0. The maximum atomic E-state index is 13.4. The van der Waals surface area contributed by atoms with Gasteiger partial charge in [-0.3, -0.25) is 9.59 Å². The van der Waals surface area contributed by atoms with Crippen molar-refractivity contribution in [2.75, 3.05) is 4.90 Å². The molecule has 2 aliphatic rings. The maximum Gasteiger partial charge on any atom is 0.393 e. The van der Waals surface area contributed by atoms with E-state index >= 15 is 0 Å². The number of anilines is 3. The zero-order valence-corrected chi connectivity index (χ0v) is 25.7. The predicted molar refractivity (Wildman–Crippen MR) is 181 cm³/mol. The van der Waals surface area contributed by atoms with Gasteiger partial charge < -0.3 is 4.90 Å². The van der Waals surface area contributed by atoms with E-state index in [9.17, 15) is 22.8 Å². The minimum atomic E-state index is -4.28. The smallest absolute Gasteiger partial charge is 0.310 e. The molecule has 6 heteroatoms. The third-order valence-electron chi connectivity index (χ3n) is 9.48. The van der Waals surface area contributed by atoms with E-state index in [1.165, 1.54) is 12.1 Å². The Kier molecular flexibility index (Phi) is 6.32. The highest BCUT2D eigenvalue weighted by atomic mass is 19.4. The van der Waals surface area contributed by atoms with E-state index in [0.29, 0.717) is 11.1 Å². The fraction of sp³-hybridized carbons (Fsp3) is 0.122. The van der Waals surface area contributed by atoms with Crippen LogP contribution in [0.1, 0.15) is 56.8 Å². The quantitative estimate of drug-likeness (QED) is 0.145. The van der Waals surface area contributed by atoms with Gasteiger partial charge in [0.2, 0.25) is 0 Å². The molecular weight excluding hydrogens is 595 g/mol. The zero-order valence-electron chi connectivity index (χ0n) is 25.7. The molecule has 1 aliphatic heterocycles. The largest absolute Gasteiger partial charge is 0.393 e. The number of alkyl halides is 3. The van der Waals surface area contributed by atoms with Gasteiger partial charge >= 0.3 is 6.18 Å². The maximum absolute atomic E-state index is 13.4. The second-order valence-electron chi connectivity index (χ2n) is 12.8. The molecule has 0 amide bonds. The van der Waals surface area contributed by atoms with Crippen molar-refractivity contribution < 1.29 is 22.8 Å². The second-order valence-corrected chi connectivity index (χ2v) is 12.8. The molecule has 230 valence electrons. The molecule has 1 heterocycles. The molecule has 6 aromatic rings. The van der Waals surface area contributed by atoms with Crippen molar-refractivity contribution in [3.8, 4) is 0 Å². The Morgan fingerprint density at radius 1 is 0.681 bits per heavy atom. The van der Waals surface area contributed by atoms with Gasteiger partial charge in [0.05, 0.1) is 23.4 Å². The molecule has 6 aromatic carbocycles. The molecular formula is C41H28F3NO2. The van der Waals surface area contributed by atoms with Crippen LogP contribution in [0.2, 0.25) is 0 Å². The molecule has 0 radical (unpaired) electrons. The number of rotatable bonds is 3. The number of halogens is 3. The summed E-state index contributed by atoms with van der Waals surface area (Å²) in [5, 5.41) is 3.80. The van der Waals surface area contributed by atoms with Crippen molar-refractivity contribution in [1.29, 1.82) is 0 Å². The summed E-state index contributed by atoms with van der Waals surface area (Å²) < 4.78 is 39.2. The number of carbonyl (C=O) groups excluding carboxylic acids is 2. The summed E-state index contributed by atoms with van der Waals surface area (Å²) in [6.45, 7) is 4.36. The van der Waals surface area contributed by atoms with Crippen LogP contribution in [0.5, 0.6) is 0 Å². The van der Waals surface area contributed by atoms with Gasteiger partial charge in [-0.1, -0.05) is 86.6 Å². The summed E-state index contributed by atoms with van der Waals surface area (Å²) in [6, 6.07) is 36.0. The molecule has 0 spiro atoms. The van der Waals surface area contributed by atoms with E-state index in [1.807, 2.05) is 72.8 Å². The molecule has 0 atom stereocenters. The van der Waals surface area contributed by atoms with E-state index in [4.69, 9.17) is 0 Å². The van der Waals surface area contributed by atoms with Crippen molar-refractivity contribution >= 4 is 56.2 Å². The molecule has 0 unspecified atom stereocenters. The van der Waals surface area contributed by atoms with E-state index in [0.717, 1.165) is 55.3 Å². The van der Waals surface area contributed by atoms with Crippen LogP contribution in [0, 0.1) is 0 Å². The number of benzene rings is 6. The molecule has 47 heavy (non-hydrogen) atoms. The highest BCUT2D eigenvalue weighted by molar-refractivity contribution is 6.42. The number of allylic oxidation sites excluding steroid dienone is 1. The first-order valence-electron chi connectivity index (χ1n) is 15.5. The lowest BCUT2D eigenvalue weighted by atomic mass is 9.71. The second kappa shape index (κ2) is 10.3. The highest BCUT2D eigenvalue weighted by Crippen LogP contribution is 2.54. The molecule has 0 N–H and O–H groups in total. The first-order chi connectivity index (χ1) is 22.5. The van der Waals surface area contributed by atoms with Crippen molar-refractivity contribution in [2.45, 2.75) is 31.9 Å². The minimum Gasteiger partial charge on any atom is -0.310 e. The van der Waals surface area contributed by atoms with Gasteiger partial charge in [-0.25, -0.2) is 0 Å². The Labute approximate surface area is 269 Å². The van der Waals surface area contributed by atoms with E-state index in [2.05, 4.69) is 24.8 Å². The zero-order chi connectivity index (χ0) is 32.7. The average molecular weight is 624 g/mol. The van der Waals surface area contributed by atoms with Crippen LogP contribution >= 0.6 is 0 Å². The third kappa shape index (κ3) is 4.66. The van der Waals surface area contributed by atoms with Gasteiger partial charge in [0, 0.05) is 22.2 Å². The number of ketones is 2. The molecule has 1 aliphatic carbocycles. The van der Waals surface area contributed by atoms with Crippen LogP contribution in [0.3, 0.4) is 0 Å². The normalized spacial score (nSPS) is 15.2. The first kappa shape index (κ1) is 28.9. The number of Topliss-reactive ketones (excluding diaryl/α,β-unsaturated/α-hetero) is 2. The molecule has 8 rings (SSSR count). The van der Waals surface area contributed by atoms with E-state index in [1.54, 1.807) is 30.3 Å². The minimum absolute atomic E-state index is 0.155. The summed E-state index contributed by atoms with van der Waals surface area (Å²) >= 11 is 0. The van der Waals surface area contributed by atoms with Crippen LogP contribution in [0.15, 0.2) is 121 Å². The Bertz CT molecular complexity index is 2270. The Morgan fingerprint density at radius 3 is 1.98 bits per heavy atom. The van der Waals surface area contributed by atoms with Crippen LogP contribution in [-0.4, -0.2) is 17.7 Å². The van der Waals surface area contributed by atoms with Gasteiger partial charge in [-0.2, -0.15) is 13.2 Å². The molecule has 0 fully saturated rings. The average Bonchev–Trinajstić information content (AvgIpc) is 3.27. The summed E-state index contributed by atoms with van der Waals surface area (Å²) in [5.74, 6) is -0.535. The van der Waals surface area contributed by atoms with E-state index < -0.39 is 18.0 Å². The molecule has 0 bridgehead atoms. The van der Waals surface area contributed by atoms with Crippen LogP contribution in [0.25, 0.3) is 27.6 Å². The SMILES string of the molecule is CC1(C)c2ccccc2N(c2ccc(CC(F)(F)F)cc2)c2ccc3cc(C=C4C(=O)c5cc6ccccc6cc5C4=O)ccc3c21. The highest BCUT2D eigenvalue weighted by Gasteiger charge is 2.38. The molecule has 3 nitrogen and oxygen atoms in total. The van der Waals surface area contributed by atoms with Gasteiger partial charge in [0.25, 0.3) is 0 Å². The number of carbonyl (C=O) groups is 2. The Hall–Kier alpha value is -5.49. The van der Waals surface area contributed by atoms with Gasteiger partial charge in [-0.15, -0.1) is 0 Å². The Morgan fingerprint density at radius 2 is 1.32 bits per heavy atom. The third-order valence-corrected chi connectivity index (χ3v) is 9.48. The van der Waals surface area contributed by atoms with E-state index in [-0.39, 0.29) is 22.7 Å². The molecule has 0 saturated heterocycles. The first-order valence-corrected chi connectivity index (χ1v) is 15.5. The van der Waals surface area contributed by atoms with Crippen molar-refractivity contribution in [2.24, 2.45) is 0 Å². The van der Waals surface area contributed by atoms with Gasteiger partial charge in [-0.05, 0) is 92.3 Å². The van der Waals surface area contributed by atoms with Crippen LogP contribution < -0.4 is 4.90 Å². The lowest BCUT2D eigenvalue weighted by Gasteiger charge is -2.42. The predicted octanol–water partition coefficient (Wildman–Crippen LogP) is 10.7. The lowest BCUT2D eigenvalue weighted by Crippen LogP contribution is -2.30. The summed E-state index contributed by atoms with van der Waals surface area (Å²) in [6.07, 6.45) is -3.57. The summed E-state index contributed by atoms with van der Waals surface area (Å²) in [5.41, 5.74) is 6.44. The van der Waals surface area contributed by atoms with Crippen LogP contribution in [0.4, 0.5) is 30.2 Å². The number of fused-ring (bicyclic) bond motifs is 6. The number of para-hydroxylation sites is 1. The lowest BCUT2D eigenvalue weighted by molar-refractivity contribution is -0.127.